The van der Waals surface area contributed by atoms with E-state index in [9.17, 15) is 10.1 Å². The molecule has 0 N–H and O–H groups in total. The SMILES string of the molecule is CC(C)(C)n1nc(C2CCCC2)c([N+](=O)[O-])c1Cl. The molecule has 6 heteroatoms. The zero-order valence-corrected chi connectivity index (χ0v) is 11.7. The van der Waals surface area contributed by atoms with E-state index in [2.05, 4.69) is 5.10 Å². The monoisotopic (exact) mass is 271 g/mol. The van der Waals surface area contributed by atoms with E-state index in [0.29, 0.717) is 5.69 Å². The molecule has 1 aliphatic rings. The molecule has 0 atom stereocenters. The largest absolute Gasteiger partial charge is 0.329 e. The lowest BCUT2D eigenvalue weighted by Gasteiger charge is -2.19. The molecule has 0 aliphatic heterocycles. The van der Waals surface area contributed by atoms with Crippen molar-refractivity contribution in [2.45, 2.75) is 57.9 Å². The van der Waals surface area contributed by atoms with Gasteiger partial charge in [0.2, 0.25) is 5.15 Å². The molecular weight excluding hydrogens is 254 g/mol. The first-order valence-corrected chi connectivity index (χ1v) is 6.63. The van der Waals surface area contributed by atoms with E-state index in [4.69, 9.17) is 11.6 Å². The van der Waals surface area contributed by atoms with Crippen molar-refractivity contribution in [3.8, 4) is 0 Å². The van der Waals surface area contributed by atoms with Crippen LogP contribution < -0.4 is 0 Å². The quantitative estimate of drug-likeness (QED) is 0.606. The van der Waals surface area contributed by atoms with Gasteiger partial charge in [-0.05, 0) is 33.6 Å². The third-order valence-corrected chi connectivity index (χ3v) is 3.73. The topological polar surface area (TPSA) is 61.0 Å². The van der Waals surface area contributed by atoms with Crippen molar-refractivity contribution >= 4 is 17.3 Å². The molecule has 0 spiro atoms. The van der Waals surface area contributed by atoms with Crippen molar-refractivity contribution in [2.75, 3.05) is 0 Å². The summed E-state index contributed by atoms with van der Waals surface area (Å²) in [5.74, 6) is 0.187. The first kappa shape index (κ1) is 13.3. The van der Waals surface area contributed by atoms with E-state index in [1.54, 1.807) is 4.68 Å². The predicted octanol–water partition coefficient (Wildman–Crippen LogP) is 3.86. The maximum Gasteiger partial charge on any atom is 0.329 e. The van der Waals surface area contributed by atoms with Crippen molar-refractivity contribution in [3.63, 3.8) is 0 Å². The third-order valence-electron chi connectivity index (χ3n) is 3.39. The molecule has 0 unspecified atom stereocenters. The highest BCUT2D eigenvalue weighted by atomic mass is 35.5. The Morgan fingerprint density at radius 1 is 1.39 bits per heavy atom. The van der Waals surface area contributed by atoms with Crippen LogP contribution in [0, 0.1) is 10.1 Å². The summed E-state index contributed by atoms with van der Waals surface area (Å²) in [4.78, 5) is 10.8. The van der Waals surface area contributed by atoms with Crippen LogP contribution in [0.1, 0.15) is 58.1 Å². The molecule has 2 rings (SSSR count). The number of halogens is 1. The minimum atomic E-state index is -0.398. The van der Waals surface area contributed by atoms with Gasteiger partial charge in [-0.15, -0.1) is 0 Å². The Balaban J connectivity index is 2.54. The summed E-state index contributed by atoms with van der Waals surface area (Å²) in [7, 11) is 0. The zero-order valence-electron chi connectivity index (χ0n) is 10.9. The van der Waals surface area contributed by atoms with Gasteiger partial charge < -0.3 is 0 Å². The molecule has 0 amide bonds. The van der Waals surface area contributed by atoms with Gasteiger partial charge in [0.1, 0.15) is 5.69 Å². The number of hydrogen-bond donors (Lipinski definition) is 0. The molecule has 1 aromatic heterocycles. The minimum Gasteiger partial charge on any atom is -0.258 e. The molecule has 1 heterocycles. The Labute approximate surface area is 111 Å². The fraction of sp³-hybridized carbons (Fsp3) is 0.750. The second kappa shape index (κ2) is 4.53. The van der Waals surface area contributed by atoms with Crippen molar-refractivity contribution in [2.24, 2.45) is 0 Å². The third kappa shape index (κ3) is 2.23. The molecule has 0 aromatic carbocycles. The Morgan fingerprint density at radius 3 is 2.39 bits per heavy atom. The van der Waals surface area contributed by atoms with E-state index >= 15 is 0 Å². The number of hydrogen-bond acceptors (Lipinski definition) is 3. The summed E-state index contributed by atoms with van der Waals surface area (Å²) < 4.78 is 1.57. The number of nitrogens with zero attached hydrogens (tertiary/aromatic N) is 3. The average Bonchev–Trinajstić information content (AvgIpc) is 2.81. The summed E-state index contributed by atoms with van der Waals surface area (Å²) in [6, 6.07) is 0. The first-order valence-electron chi connectivity index (χ1n) is 6.25. The molecule has 1 aromatic rings. The number of rotatable bonds is 2. The van der Waals surface area contributed by atoms with Crippen LogP contribution in [-0.4, -0.2) is 14.7 Å². The Bertz CT molecular complexity index is 470. The van der Waals surface area contributed by atoms with Crippen LogP contribution in [0.4, 0.5) is 5.69 Å². The summed E-state index contributed by atoms with van der Waals surface area (Å²) in [6.45, 7) is 5.82. The van der Waals surface area contributed by atoms with Gasteiger partial charge in [-0.2, -0.15) is 5.10 Å². The maximum absolute atomic E-state index is 11.2. The summed E-state index contributed by atoms with van der Waals surface area (Å²) >= 11 is 6.15. The Hall–Kier alpha value is -1.10. The van der Waals surface area contributed by atoms with Gasteiger partial charge in [0.05, 0.1) is 10.5 Å². The second-order valence-electron chi connectivity index (χ2n) is 5.85. The van der Waals surface area contributed by atoms with Crippen molar-refractivity contribution < 1.29 is 4.92 Å². The molecule has 1 fully saturated rings. The molecular formula is C12H18ClN3O2. The smallest absolute Gasteiger partial charge is 0.258 e. The van der Waals surface area contributed by atoms with Crippen LogP contribution in [0.25, 0.3) is 0 Å². The Morgan fingerprint density at radius 2 is 1.94 bits per heavy atom. The van der Waals surface area contributed by atoms with Gasteiger partial charge in [0, 0.05) is 5.92 Å². The molecule has 0 radical (unpaired) electrons. The van der Waals surface area contributed by atoms with Gasteiger partial charge in [-0.1, -0.05) is 24.4 Å². The van der Waals surface area contributed by atoms with Crippen LogP contribution in [0.5, 0.6) is 0 Å². The summed E-state index contributed by atoms with van der Waals surface area (Å²) in [5, 5.41) is 15.8. The lowest BCUT2D eigenvalue weighted by Crippen LogP contribution is -2.23. The van der Waals surface area contributed by atoms with Gasteiger partial charge in [-0.25, -0.2) is 4.68 Å². The van der Waals surface area contributed by atoms with E-state index in [0.717, 1.165) is 25.7 Å². The van der Waals surface area contributed by atoms with Gasteiger partial charge in [0.15, 0.2) is 0 Å². The van der Waals surface area contributed by atoms with Crippen molar-refractivity contribution in [3.05, 3.63) is 21.0 Å². The van der Waals surface area contributed by atoms with Crippen LogP contribution in [0.2, 0.25) is 5.15 Å². The molecule has 1 saturated carbocycles. The van der Waals surface area contributed by atoms with Crippen LogP contribution in [-0.2, 0) is 5.54 Å². The number of nitro groups is 1. The summed E-state index contributed by atoms with van der Waals surface area (Å²) in [5.41, 5.74) is 0.217. The lowest BCUT2D eigenvalue weighted by molar-refractivity contribution is -0.385. The minimum absolute atomic E-state index is 0.00140. The highest BCUT2D eigenvalue weighted by Gasteiger charge is 2.35. The zero-order chi connectivity index (χ0) is 13.5. The highest BCUT2D eigenvalue weighted by molar-refractivity contribution is 6.31. The van der Waals surface area contributed by atoms with E-state index < -0.39 is 4.92 Å². The number of aromatic nitrogens is 2. The van der Waals surface area contributed by atoms with Crippen molar-refractivity contribution in [1.82, 2.24) is 9.78 Å². The highest BCUT2D eigenvalue weighted by Crippen LogP contribution is 2.42. The molecule has 18 heavy (non-hydrogen) atoms. The fourth-order valence-electron chi connectivity index (χ4n) is 2.49. The van der Waals surface area contributed by atoms with Gasteiger partial charge in [0.25, 0.3) is 0 Å². The molecule has 1 aliphatic carbocycles. The van der Waals surface area contributed by atoms with Crippen molar-refractivity contribution in [1.29, 1.82) is 0 Å². The Kier molecular flexibility index (Phi) is 3.36. The van der Waals surface area contributed by atoms with E-state index in [-0.39, 0.29) is 22.3 Å². The van der Waals surface area contributed by atoms with E-state index in [1.165, 1.54) is 0 Å². The average molecular weight is 272 g/mol. The van der Waals surface area contributed by atoms with Crippen LogP contribution in [0.15, 0.2) is 0 Å². The van der Waals surface area contributed by atoms with Crippen LogP contribution >= 0.6 is 11.6 Å². The van der Waals surface area contributed by atoms with Gasteiger partial charge >= 0.3 is 5.69 Å². The molecule has 5 nitrogen and oxygen atoms in total. The van der Waals surface area contributed by atoms with Gasteiger partial charge in [-0.3, -0.25) is 10.1 Å². The maximum atomic E-state index is 11.2. The molecule has 100 valence electrons. The molecule has 0 saturated heterocycles. The molecule has 0 bridgehead atoms. The second-order valence-corrected chi connectivity index (χ2v) is 6.20. The van der Waals surface area contributed by atoms with Crippen LogP contribution in [0.3, 0.4) is 0 Å². The lowest BCUT2D eigenvalue weighted by atomic mass is 10.0. The first-order chi connectivity index (χ1) is 8.32. The standard InChI is InChI=1S/C12H18ClN3O2/c1-12(2,3)15-11(13)10(16(17)18)9(14-15)8-6-4-5-7-8/h8H,4-7H2,1-3H3. The predicted molar refractivity (Wildman–Crippen MR) is 70.1 cm³/mol. The van der Waals surface area contributed by atoms with E-state index in [1.807, 2.05) is 20.8 Å². The summed E-state index contributed by atoms with van der Waals surface area (Å²) in [6.07, 6.45) is 4.17. The fourth-order valence-corrected chi connectivity index (χ4v) is 2.95. The normalized spacial score (nSPS) is 17.3.